The van der Waals surface area contributed by atoms with E-state index in [0.717, 1.165) is 6.42 Å². The molecule has 0 atom stereocenters. The van der Waals surface area contributed by atoms with E-state index >= 15 is 0 Å². The third-order valence-electron chi connectivity index (χ3n) is 2.92. The van der Waals surface area contributed by atoms with E-state index in [1.807, 2.05) is 0 Å². The van der Waals surface area contributed by atoms with Crippen molar-refractivity contribution in [2.75, 3.05) is 25.0 Å². The summed E-state index contributed by atoms with van der Waals surface area (Å²) in [5, 5.41) is 5.32. The third-order valence-corrected chi connectivity index (χ3v) is 2.92. The smallest absolute Gasteiger partial charge is 0.243 e. The first-order valence-corrected chi connectivity index (χ1v) is 7.50. The van der Waals surface area contributed by atoms with Crippen molar-refractivity contribution in [3.63, 3.8) is 0 Å². The first kappa shape index (κ1) is 21.2. The van der Waals surface area contributed by atoms with Crippen molar-refractivity contribution in [1.29, 1.82) is 0 Å². The number of halogens is 1. The highest BCUT2D eigenvalue weighted by Gasteiger charge is 2.07. The van der Waals surface area contributed by atoms with Gasteiger partial charge in [-0.05, 0) is 36.6 Å². The minimum Gasteiger partial charge on any atom is -0.492 e. The van der Waals surface area contributed by atoms with Crippen LogP contribution < -0.4 is 21.1 Å². The molecule has 0 saturated heterocycles. The quantitative estimate of drug-likeness (QED) is 0.638. The van der Waals surface area contributed by atoms with Crippen molar-refractivity contribution < 1.29 is 14.3 Å². The Labute approximate surface area is 143 Å². The van der Waals surface area contributed by atoms with Crippen molar-refractivity contribution in [3.8, 4) is 5.75 Å². The topological polar surface area (TPSA) is 93.5 Å². The Kier molecular flexibility index (Phi) is 10.8. The van der Waals surface area contributed by atoms with Crippen molar-refractivity contribution in [2.24, 2.45) is 11.7 Å². The number of amides is 2. The van der Waals surface area contributed by atoms with Crippen LogP contribution in [0.2, 0.25) is 0 Å². The van der Waals surface area contributed by atoms with Gasteiger partial charge in [0.25, 0.3) is 0 Å². The van der Waals surface area contributed by atoms with Crippen LogP contribution in [0.1, 0.15) is 26.7 Å². The molecule has 1 aromatic carbocycles. The van der Waals surface area contributed by atoms with Crippen molar-refractivity contribution in [3.05, 3.63) is 24.3 Å². The second kappa shape index (κ2) is 11.7. The summed E-state index contributed by atoms with van der Waals surface area (Å²) in [6.07, 6.45) is 1.26. The summed E-state index contributed by atoms with van der Waals surface area (Å²) < 4.78 is 5.35. The van der Waals surface area contributed by atoms with Gasteiger partial charge in [0.15, 0.2) is 0 Å². The highest BCUT2D eigenvalue weighted by atomic mass is 35.5. The van der Waals surface area contributed by atoms with Crippen molar-refractivity contribution in [1.82, 2.24) is 5.32 Å². The molecule has 0 aliphatic rings. The van der Waals surface area contributed by atoms with Crippen molar-refractivity contribution >= 4 is 29.9 Å². The molecular formula is C16H26ClN3O3. The number of carbonyl (C=O) groups excluding carboxylic acids is 2. The molecule has 0 aromatic heterocycles. The summed E-state index contributed by atoms with van der Waals surface area (Å²) in [5.74, 6) is 0.813. The van der Waals surface area contributed by atoms with Crippen LogP contribution in [0.15, 0.2) is 24.3 Å². The Morgan fingerprint density at radius 2 is 1.83 bits per heavy atom. The molecule has 4 N–H and O–H groups in total. The van der Waals surface area contributed by atoms with Crippen LogP contribution in [-0.2, 0) is 9.59 Å². The van der Waals surface area contributed by atoms with Gasteiger partial charge in [0.05, 0.1) is 6.54 Å². The molecule has 0 unspecified atom stereocenters. The maximum Gasteiger partial charge on any atom is 0.243 e. The second-order valence-corrected chi connectivity index (χ2v) is 5.42. The molecule has 23 heavy (non-hydrogen) atoms. The van der Waals surface area contributed by atoms with Gasteiger partial charge in [-0.2, -0.15) is 0 Å². The third kappa shape index (κ3) is 9.76. The van der Waals surface area contributed by atoms with Crippen LogP contribution in [0.5, 0.6) is 5.75 Å². The Morgan fingerprint density at radius 1 is 1.17 bits per heavy atom. The SMILES string of the molecule is CC(C)CCC(=O)NCC(=O)Nc1ccc(OCCN)cc1.Cl. The van der Waals surface area contributed by atoms with Gasteiger partial charge in [-0.1, -0.05) is 13.8 Å². The predicted octanol–water partition coefficient (Wildman–Crippen LogP) is 1.94. The zero-order valence-corrected chi connectivity index (χ0v) is 14.4. The fourth-order valence-electron chi connectivity index (χ4n) is 1.70. The standard InChI is InChI=1S/C16H25N3O3.ClH/c1-12(2)3-8-15(20)18-11-16(21)19-13-4-6-14(7-5-13)22-10-9-17;/h4-7,12H,3,8-11,17H2,1-2H3,(H,18,20)(H,19,21);1H. The van der Waals surface area contributed by atoms with Crippen LogP contribution in [0.25, 0.3) is 0 Å². The molecule has 1 aromatic rings. The molecule has 6 nitrogen and oxygen atoms in total. The first-order chi connectivity index (χ1) is 10.5. The lowest BCUT2D eigenvalue weighted by molar-refractivity contribution is -0.124. The van der Waals surface area contributed by atoms with Gasteiger partial charge in [-0.15, -0.1) is 12.4 Å². The molecular weight excluding hydrogens is 318 g/mol. The zero-order chi connectivity index (χ0) is 16.4. The number of anilines is 1. The minimum absolute atomic E-state index is 0. The van der Waals surface area contributed by atoms with Crippen LogP contribution in [0.3, 0.4) is 0 Å². The largest absolute Gasteiger partial charge is 0.492 e. The first-order valence-electron chi connectivity index (χ1n) is 7.50. The lowest BCUT2D eigenvalue weighted by Gasteiger charge is -2.09. The number of nitrogens with two attached hydrogens (primary N) is 1. The molecule has 0 fully saturated rings. The van der Waals surface area contributed by atoms with Gasteiger partial charge < -0.3 is 21.1 Å². The number of hydrogen-bond acceptors (Lipinski definition) is 4. The number of benzene rings is 1. The van der Waals surface area contributed by atoms with E-state index in [2.05, 4.69) is 24.5 Å². The second-order valence-electron chi connectivity index (χ2n) is 5.42. The maximum atomic E-state index is 11.7. The van der Waals surface area contributed by atoms with Gasteiger partial charge in [-0.25, -0.2) is 0 Å². The van der Waals surface area contributed by atoms with E-state index in [9.17, 15) is 9.59 Å². The van der Waals surface area contributed by atoms with Gasteiger partial charge >= 0.3 is 0 Å². The van der Waals surface area contributed by atoms with Crippen LogP contribution in [0.4, 0.5) is 5.69 Å². The number of hydrogen-bond donors (Lipinski definition) is 3. The summed E-state index contributed by atoms with van der Waals surface area (Å²) in [4.78, 5) is 23.3. The molecule has 130 valence electrons. The van der Waals surface area contributed by atoms with Gasteiger partial charge in [0, 0.05) is 18.7 Å². The molecule has 2 amide bonds. The maximum absolute atomic E-state index is 11.7. The molecule has 0 bridgehead atoms. The Morgan fingerprint density at radius 3 is 2.39 bits per heavy atom. The summed E-state index contributed by atoms with van der Waals surface area (Å²) in [6.45, 7) is 4.99. The molecule has 0 aliphatic heterocycles. The highest BCUT2D eigenvalue weighted by Crippen LogP contribution is 2.15. The van der Waals surface area contributed by atoms with E-state index in [-0.39, 0.29) is 30.8 Å². The van der Waals surface area contributed by atoms with E-state index in [4.69, 9.17) is 10.5 Å². The zero-order valence-electron chi connectivity index (χ0n) is 13.6. The van der Waals surface area contributed by atoms with E-state index < -0.39 is 0 Å². The lowest BCUT2D eigenvalue weighted by atomic mass is 10.1. The molecule has 0 aliphatic carbocycles. The van der Waals surface area contributed by atoms with Crippen LogP contribution in [-0.4, -0.2) is 31.5 Å². The lowest BCUT2D eigenvalue weighted by Crippen LogP contribution is -2.32. The van der Waals surface area contributed by atoms with E-state index in [1.165, 1.54) is 0 Å². The molecule has 0 saturated carbocycles. The number of nitrogens with one attached hydrogen (secondary N) is 2. The highest BCUT2D eigenvalue weighted by molar-refractivity contribution is 5.94. The number of rotatable bonds is 9. The van der Waals surface area contributed by atoms with Gasteiger partial charge in [0.2, 0.25) is 11.8 Å². The average Bonchev–Trinajstić information content (AvgIpc) is 2.50. The average molecular weight is 344 g/mol. The summed E-state index contributed by atoms with van der Waals surface area (Å²) in [5.41, 5.74) is 6.01. The van der Waals surface area contributed by atoms with E-state index in [1.54, 1.807) is 24.3 Å². The molecule has 0 radical (unpaired) electrons. The molecule has 1 rings (SSSR count). The Hall–Kier alpha value is -1.79. The van der Waals surface area contributed by atoms with Crippen molar-refractivity contribution in [2.45, 2.75) is 26.7 Å². The Bertz CT molecular complexity index is 478. The number of ether oxygens (including phenoxy) is 1. The predicted molar refractivity (Wildman–Crippen MR) is 94.0 cm³/mol. The van der Waals surface area contributed by atoms with Gasteiger partial charge in [0.1, 0.15) is 12.4 Å². The molecule has 0 heterocycles. The summed E-state index contributed by atoms with van der Waals surface area (Å²) in [6, 6.07) is 6.99. The molecule has 0 spiro atoms. The normalized spacial score (nSPS) is 9.91. The fourth-order valence-corrected chi connectivity index (χ4v) is 1.70. The summed E-state index contributed by atoms with van der Waals surface area (Å²) in [7, 11) is 0. The van der Waals surface area contributed by atoms with Gasteiger partial charge in [-0.3, -0.25) is 9.59 Å². The summed E-state index contributed by atoms with van der Waals surface area (Å²) >= 11 is 0. The van der Waals surface area contributed by atoms with Crippen LogP contribution in [0, 0.1) is 5.92 Å². The van der Waals surface area contributed by atoms with E-state index in [0.29, 0.717) is 36.9 Å². The Balaban J connectivity index is 0.00000484. The minimum atomic E-state index is -0.256. The molecule has 7 heteroatoms. The monoisotopic (exact) mass is 343 g/mol. The van der Waals surface area contributed by atoms with Crippen LogP contribution >= 0.6 is 12.4 Å². The fraction of sp³-hybridized carbons (Fsp3) is 0.500. The number of carbonyl (C=O) groups is 2.